The van der Waals surface area contributed by atoms with Crippen molar-refractivity contribution in [1.29, 1.82) is 0 Å². The van der Waals surface area contributed by atoms with Gasteiger partial charge >= 0.3 is 0 Å². The summed E-state index contributed by atoms with van der Waals surface area (Å²) < 4.78 is 5.35. The first-order chi connectivity index (χ1) is 8.77. The second-order valence-corrected chi connectivity index (χ2v) is 4.39. The number of morpholine rings is 1. The molecule has 1 saturated heterocycles. The summed E-state index contributed by atoms with van der Waals surface area (Å²) in [5.74, 6) is 0.859. The molecule has 0 radical (unpaired) electrons. The fraction of sp³-hybridized carbons (Fsp3) is 0.769. The summed E-state index contributed by atoms with van der Waals surface area (Å²) in [5.41, 5.74) is 0. The van der Waals surface area contributed by atoms with Crippen LogP contribution in [0.15, 0.2) is 17.6 Å². The molecule has 0 amide bonds. The predicted octanol–water partition coefficient (Wildman–Crippen LogP) is 0.448. The quantitative estimate of drug-likeness (QED) is 0.410. The molecule has 0 spiro atoms. The summed E-state index contributed by atoms with van der Waals surface area (Å²) in [7, 11) is 0. The summed E-state index contributed by atoms with van der Waals surface area (Å²) in [4.78, 5) is 7.01. The lowest BCUT2D eigenvalue weighted by atomic mass is 10.2. The van der Waals surface area contributed by atoms with Gasteiger partial charge in [-0.15, -0.1) is 6.58 Å². The lowest BCUT2D eigenvalue weighted by Gasteiger charge is -2.31. The van der Waals surface area contributed by atoms with Gasteiger partial charge in [0, 0.05) is 32.2 Å². The van der Waals surface area contributed by atoms with E-state index in [1.807, 2.05) is 6.08 Å². The van der Waals surface area contributed by atoms with E-state index in [9.17, 15) is 0 Å². The fourth-order valence-corrected chi connectivity index (χ4v) is 1.87. The van der Waals surface area contributed by atoms with E-state index < -0.39 is 0 Å². The second-order valence-electron chi connectivity index (χ2n) is 4.39. The minimum atomic E-state index is 0.452. The third-order valence-electron chi connectivity index (χ3n) is 2.94. The average molecular weight is 254 g/mol. The molecule has 0 saturated carbocycles. The zero-order valence-corrected chi connectivity index (χ0v) is 11.6. The van der Waals surface area contributed by atoms with Crippen LogP contribution in [0.4, 0.5) is 0 Å². The Kier molecular flexibility index (Phi) is 7.44. The molecule has 1 aliphatic heterocycles. The van der Waals surface area contributed by atoms with Gasteiger partial charge in [-0.3, -0.25) is 9.89 Å². The fourth-order valence-electron chi connectivity index (χ4n) is 1.87. The van der Waals surface area contributed by atoms with Gasteiger partial charge in [0.15, 0.2) is 5.96 Å². The predicted molar refractivity (Wildman–Crippen MR) is 76.0 cm³/mol. The van der Waals surface area contributed by atoms with E-state index in [0.717, 1.165) is 51.9 Å². The van der Waals surface area contributed by atoms with Crippen LogP contribution in [-0.2, 0) is 4.74 Å². The first kappa shape index (κ1) is 15.0. The maximum atomic E-state index is 5.35. The Labute approximate surface area is 110 Å². The SMILES string of the molecule is C=CCNC(=NCC(C)N1CCOCC1)NCC. The van der Waals surface area contributed by atoms with Crippen LogP contribution in [0.2, 0.25) is 0 Å². The Balaban J connectivity index is 2.38. The van der Waals surface area contributed by atoms with Crippen molar-refractivity contribution in [1.82, 2.24) is 15.5 Å². The molecule has 0 aromatic rings. The normalized spacial score (nSPS) is 19.3. The highest BCUT2D eigenvalue weighted by molar-refractivity contribution is 5.79. The summed E-state index contributed by atoms with van der Waals surface area (Å²) in [6.07, 6.45) is 1.83. The molecule has 0 aromatic heterocycles. The molecule has 5 nitrogen and oxygen atoms in total. The Bertz CT molecular complexity index is 262. The van der Waals surface area contributed by atoms with Crippen LogP contribution in [0.1, 0.15) is 13.8 Å². The van der Waals surface area contributed by atoms with Crippen LogP contribution < -0.4 is 10.6 Å². The van der Waals surface area contributed by atoms with E-state index in [1.54, 1.807) is 0 Å². The van der Waals surface area contributed by atoms with E-state index >= 15 is 0 Å². The van der Waals surface area contributed by atoms with Crippen molar-refractivity contribution in [3.63, 3.8) is 0 Å². The highest BCUT2D eigenvalue weighted by Crippen LogP contribution is 2.03. The van der Waals surface area contributed by atoms with Gasteiger partial charge in [-0.2, -0.15) is 0 Å². The first-order valence-electron chi connectivity index (χ1n) is 6.72. The number of nitrogens with zero attached hydrogens (tertiary/aromatic N) is 2. The molecule has 1 fully saturated rings. The van der Waals surface area contributed by atoms with Crippen LogP contribution in [0, 0.1) is 0 Å². The van der Waals surface area contributed by atoms with Crippen molar-refractivity contribution in [3.05, 3.63) is 12.7 Å². The molecule has 2 N–H and O–H groups in total. The van der Waals surface area contributed by atoms with Crippen LogP contribution in [0.5, 0.6) is 0 Å². The molecule has 1 rings (SSSR count). The van der Waals surface area contributed by atoms with Crippen LogP contribution in [-0.4, -0.2) is 62.8 Å². The second kappa shape index (κ2) is 8.94. The Morgan fingerprint density at radius 2 is 2.17 bits per heavy atom. The first-order valence-corrected chi connectivity index (χ1v) is 6.72. The number of guanidine groups is 1. The third-order valence-corrected chi connectivity index (χ3v) is 2.94. The highest BCUT2D eigenvalue weighted by atomic mass is 16.5. The van der Waals surface area contributed by atoms with Gasteiger partial charge in [0.2, 0.25) is 0 Å². The van der Waals surface area contributed by atoms with Crippen LogP contribution in [0.3, 0.4) is 0 Å². The van der Waals surface area contributed by atoms with Crippen molar-refractivity contribution in [3.8, 4) is 0 Å². The highest BCUT2D eigenvalue weighted by Gasteiger charge is 2.16. The van der Waals surface area contributed by atoms with Crippen LogP contribution >= 0.6 is 0 Å². The molecule has 0 aromatic carbocycles. The van der Waals surface area contributed by atoms with Crippen molar-refractivity contribution in [2.75, 3.05) is 45.9 Å². The molecule has 1 atom stereocenters. The largest absolute Gasteiger partial charge is 0.379 e. The van der Waals surface area contributed by atoms with Crippen LogP contribution in [0.25, 0.3) is 0 Å². The number of hydrogen-bond donors (Lipinski definition) is 2. The standard InChI is InChI=1S/C13H26N4O/c1-4-6-15-13(14-5-2)16-11-12(3)17-7-9-18-10-8-17/h4,12H,1,5-11H2,2-3H3,(H2,14,15,16). The minimum absolute atomic E-state index is 0.452. The molecule has 1 heterocycles. The Morgan fingerprint density at radius 3 is 2.78 bits per heavy atom. The van der Waals surface area contributed by atoms with Crippen molar-refractivity contribution in [2.45, 2.75) is 19.9 Å². The van der Waals surface area contributed by atoms with E-state index in [1.165, 1.54) is 0 Å². The zero-order chi connectivity index (χ0) is 13.2. The topological polar surface area (TPSA) is 48.9 Å². The average Bonchev–Trinajstić information content (AvgIpc) is 2.42. The number of aliphatic imine (C=N–C) groups is 1. The van der Waals surface area contributed by atoms with E-state index in [4.69, 9.17) is 4.74 Å². The molecule has 1 aliphatic rings. The summed E-state index contributed by atoms with van der Waals surface area (Å²) in [6, 6.07) is 0.452. The zero-order valence-electron chi connectivity index (χ0n) is 11.6. The van der Waals surface area contributed by atoms with E-state index in [0.29, 0.717) is 6.04 Å². The lowest BCUT2D eigenvalue weighted by molar-refractivity contribution is 0.0220. The maximum absolute atomic E-state index is 5.35. The molecule has 5 heteroatoms. The molecular weight excluding hydrogens is 228 g/mol. The van der Waals surface area contributed by atoms with E-state index in [-0.39, 0.29) is 0 Å². The monoisotopic (exact) mass is 254 g/mol. The third kappa shape index (κ3) is 5.51. The minimum Gasteiger partial charge on any atom is -0.379 e. The summed E-state index contributed by atoms with van der Waals surface area (Å²) in [6.45, 7) is 14.1. The number of ether oxygens (including phenoxy) is 1. The van der Waals surface area contributed by atoms with E-state index in [2.05, 4.69) is 41.0 Å². The summed E-state index contributed by atoms with van der Waals surface area (Å²) >= 11 is 0. The number of hydrogen-bond acceptors (Lipinski definition) is 3. The number of nitrogens with one attached hydrogen (secondary N) is 2. The molecule has 1 unspecified atom stereocenters. The lowest BCUT2D eigenvalue weighted by Crippen LogP contribution is -2.44. The molecule has 18 heavy (non-hydrogen) atoms. The Morgan fingerprint density at radius 1 is 1.44 bits per heavy atom. The molecule has 0 aliphatic carbocycles. The van der Waals surface area contributed by atoms with Gasteiger partial charge in [-0.25, -0.2) is 0 Å². The van der Waals surface area contributed by atoms with Gasteiger partial charge in [-0.05, 0) is 13.8 Å². The maximum Gasteiger partial charge on any atom is 0.191 e. The van der Waals surface area contributed by atoms with Crippen molar-refractivity contribution in [2.24, 2.45) is 4.99 Å². The number of rotatable bonds is 6. The molecular formula is C13H26N4O. The Hall–Kier alpha value is -1.07. The van der Waals surface area contributed by atoms with Crippen molar-refractivity contribution >= 4 is 5.96 Å². The van der Waals surface area contributed by atoms with Gasteiger partial charge in [0.25, 0.3) is 0 Å². The van der Waals surface area contributed by atoms with Gasteiger partial charge < -0.3 is 15.4 Å². The van der Waals surface area contributed by atoms with Gasteiger partial charge in [0.1, 0.15) is 0 Å². The van der Waals surface area contributed by atoms with Crippen molar-refractivity contribution < 1.29 is 4.74 Å². The smallest absolute Gasteiger partial charge is 0.191 e. The summed E-state index contributed by atoms with van der Waals surface area (Å²) in [5, 5.41) is 6.43. The van der Waals surface area contributed by atoms with Gasteiger partial charge in [-0.1, -0.05) is 6.08 Å². The molecule has 0 bridgehead atoms. The molecule has 104 valence electrons. The van der Waals surface area contributed by atoms with Gasteiger partial charge in [0.05, 0.1) is 19.8 Å².